The van der Waals surface area contributed by atoms with E-state index in [1.54, 1.807) is 147 Å². The fraction of sp³-hybridized carbons (Fsp3) is 0.212. The Hall–Kier alpha value is -11.1. The van der Waals surface area contributed by atoms with Crippen molar-refractivity contribution >= 4 is 110 Å². The molecule has 1 N–H and O–H groups in total. The number of fused-ring (bicyclic) bond motifs is 3. The zero-order valence-corrected chi connectivity index (χ0v) is 72.7. The van der Waals surface area contributed by atoms with Crippen molar-refractivity contribution in [3.05, 3.63) is 295 Å². The average molecular weight is 1820 g/mol. The third-order valence-electron chi connectivity index (χ3n) is 20.3. The number of hydrogen-bond donors (Lipinski definition) is 1. The first kappa shape index (κ1) is 83.8. The van der Waals surface area contributed by atoms with Crippen LogP contribution in [0.5, 0.6) is 28.7 Å². The van der Waals surface area contributed by atoms with Gasteiger partial charge in [0, 0.05) is 57.0 Å². The Morgan fingerprint density at radius 3 is 1.15 bits per heavy atom. The molecule has 0 aliphatic heterocycles. The molecule has 8 aromatic carbocycles. The Morgan fingerprint density at radius 2 is 0.803 bits per heavy atom. The van der Waals surface area contributed by atoms with Crippen LogP contribution in [0.4, 0.5) is 17.5 Å². The predicted molar refractivity (Wildman–Crippen MR) is 449 cm³/mol. The fourth-order valence-corrected chi connectivity index (χ4v) is 17.7. The van der Waals surface area contributed by atoms with Gasteiger partial charge in [0.2, 0.25) is 0 Å². The van der Waals surface area contributed by atoms with E-state index in [1.165, 1.54) is 165 Å². The van der Waals surface area contributed by atoms with Crippen molar-refractivity contribution < 1.29 is 78.8 Å². The third-order valence-corrected chi connectivity index (χ3v) is 25.7. The second kappa shape index (κ2) is 37.4. The monoisotopic (exact) mass is 1820 g/mol. The van der Waals surface area contributed by atoms with Crippen LogP contribution in [0.1, 0.15) is 91.9 Å². The molecule has 0 atom stereocenters. The van der Waals surface area contributed by atoms with Gasteiger partial charge in [-0.05, 0) is 199 Å². The molecular weight excluding hydrogens is 1740 g/mol. The molecule has 117 heavy (non-hydrogen) atoms. The Kier molecular flexibility index (Phi) is 26.8. The molecule has 0 amide bonds. The quantitative estimate of drug-likeness (QED) is 0.0459. The number of hydrogen-bond acceptors (Lipinski definition) is 20. The molecule has 0 bridgehead atoms. The molecule has 32 heteroatoms. The number of nitrogens with one attached hydrogen (secondary N) is 1. The van der Waals surface area contributed by atoms with Crippen LogP contribution in [0.2, 0.25) is 0 Å². The summed E-state index contributed by atoms with van der Waals surface area (Å²) in [4.78, 5) is 39.0. The van der Waals surface area contributed by atoms with Crippen molar-refractivity contribution in [2.75, 3.05) is 48.9 Å². The topological polar surface area (TPSA) is 311 Å². The maximum atomic E-state index is 14.0. The van der Waals surface area contributed by atoms with Gasteiger partial charge in [-0.2, -0.15) is 12.8 Å². The van der Waals surface area contributed by atoms with E-state index in [0.29, 0.717) is 90.4 Å². The van der Waals surface area contributed by atoms with Gasteiger partial charge in [-0.1, -0.05) is 80.6 Å². The van der Waals surface area contributed by atoms with E-state index < -0.39 is 30.1 Å². The molecule has 17 rings (SSSR count). The van der Waals surface area contributed by atoms with Gasteiger partial charge in [0.25, 0.3) is 46.7 Å². The van der Waals surface area contributed by atoms with Crippen LogP contribution in [-0.4, -0.2) is 90.0 Å². The summed E-state index contributed by atoms with van der Waals surface area (Å²) >= 11 is 7.66. The number of pyridine rings is 3. The molecule has 6 heterocycles. The van der Waals surface area contributed by atoms with Gasteiger partial charge in [0.15, 0.2) is 17.5 Å². The molecular formula is C85H79Br2N9O17S3Zn. The molecule has 3 aliphatic rings. The first-order valence-corrected chi connectivity index (χ1v) is 49.1. The van der Waals surface area contributed by atoms with Crippen molar-refractivity contribution in [2.24, 2.45) is 0 Å². The SMILES string of the molecule is COc1cc(C2CCC2)ccc1-n1c(=O)ccc2cc(S(=O)(=O)Nc3ccon3)ccc21.COc1ccc(CN(c2ccon2)S(=O)(=O)c2ccc3c(ccc(=O)n3-c3ccc(Br)cc3OC)c2)cc1.COc1ccc(CN(c2ccon2)S(=O)(=O)c2ccc3c(ccc(=O)n3-c3ccc(C4CCC4)cc3OC)c2)cc1.[CH-]1CCC1.[Zn+][Br]. The van der Waals surface area contributed by atoms with Crippen LogP contribution in [0.25, 0.3) is 49.8 Å². The summed E-state index contributed by atoms with van der Waals surface area (Å²) in [5.41, 5.74) is 6.53. The van der Waals surface area contributed by atoms with Crippen LogP contribution >= 0.6 is 29.6 Å². The molecule has 0 unspecified atom stereocenters. The summed E-state index contributed by atoms with van der Waals surface area (Å²) in [6, 6.07) is 58.8. The minimum atomic E-state index is -4.07. The van der Waals surface area contributed by atoms with Crippen molar-refractivity contribution in [1.82, 2.24) is 29.2 Å². The molecule has 3 aliphatic carbocycles. The maximum absolute atomic E-state index is 14.0. The van der Waals surface area contributed by atoms with Crippen LogP contribution in [0.3, 0.4) is 0 Å². The van der Waals surface area contributed by atoms with Gasteiger partial charge >= 0.3 is 30.0 Å². The van der Waals surface area contributed by atoms with Crippen LogP contribution in [0, 0.1) is 6.42 Å². The van der Waals surface area contributed by atoms with E-state index >= 15 is 0 Å². The van der Waals surface area contributed by atoms with E-state index in [1.807, 2.05) is 36.4 Å². The summed E-state index contributed by atoms with van der Waals surface area (Å²) in [5.74, 6) is 4.45. The van der Waals surface area contributed by atoms with Gasteiger partial charge < -0.3 is 43.7 Å². The molecule has 14 aromatic rings. The van der Waals surface area contributed by atoms with E-state index in [4.69, 9.17) is 32.7 Å². The Labute approximate surface area is 699 Å². The molecule has 3 fully saturated rings. The van der Waals surface area contributed by atoms with Gasteiger partial charge in [-0.25, -0.2) is 33.9 Å². The van der Waals surface area contributed by atoms with E-state index in [9.17, 15) is 39.6 Å². The van der Waals surface area contributed by atoms with Crippen molar-refractivity contribution in [2.45, 2.75) is 97.4 Å². The number of aromatic nitrogens is 6. The molecule has 0 saturated heterocycles. The van der Waals surface area contributed by atoms with E-state index in [2.05, 4.69) is 60.7 Å². The third kappa shape index (κ3) is 18.7. The number of rotatable bonds is 23. The van der Waals surface area contributed by atoms with Gasteiger partial charge in [-0.15, -0.1) is 6.42 Å². The minimum absolute atomic E-state index is 0.0203. The van der Waals surface area contributed by atoms with Crippen LogP contribution in [-0.2, 0) is 59.5 Å². The first-order valence-electron chi connectivity index (χ1n) is 37.0. The van der Waals surface area contributed by atoms with Gasteiger partial charge in [0.1, 0.15) is 47.5 Å². The van der Waals surface area contributed by atoms with Gasteiger partial charge in [0.05, 0.1) is 96.9 Å². The van der Waals surface area contributed by atoms with Crippen molar-refractivity contribution in [3.8, 4) is 45.8 Å². The standard InChI is InChI=1S/C31H29N3O6S.C27H22BrN3O6S.C23H21N3O5S.C4H7.BrH.Zn/c1-38-25-10-6-21(7-11-25)20-33(30-16-17-40-32-30)41(36,37)26-12-14-27-24(18-26)9-15-31(35)34(27)28-13-8-23(19-29(28)39-2)22-4-3-5-22;1-35-21-7-3-18(4-8-21)17-30(26-13-14-37-29-26)38(33,34)22-9-11-23-19(15-22)5-12-27(32)31(23)24-10-6-20(28)16-25(24)36-2;1-30-21-14-16(15-3-2-4-15)5-8-20(21)26-19-9-7-18(13-17(19)6-10-23(26)27)32(28,29)25-22-11-12-31-24-22;1-2-4-3-1;;/h6-19,22H,3-5,20H2,1-2H3;3-16H,17H2,1-2H3;5-15H,2-4H2,1H3,(H,24,25);1H,2-4H2;1H;/q;;;-1;;+2/p-1. The van der Waals surface area contributed by atoms with Crippen LogP contribution < -0.4 is 53.7 Å². The summed E-state index contributed by atoms with van der Waals surface area (Å²) in [7, 11) is -4.19. The molecule has 600 valence electrons. The predicted octanol–water partition coefficient (Wildman–Crippen LogP) is 17.1. The first-order chi connectivity index (χ1) is 56.7. The summed E-state index contributed by atoms with van der Waals surface area (Å²) < 4.78 is 133. The number of methoxy groups -OCH3 is 5. The Bertz CT molecular complexity index is 6380. The second-order valence-electron chi connectivity index (χ2n) is 27.3. The Morgan fingerprint density at radius 1 is 0.436 bits per heavy atom. The Balaban J connectivity index is 0.000000148. The van der Waals surface area contributed by atoms with Gasteiger partial charge in [-0.3, -0.25) is 32.8 Å². The average Bonchev–Trinajstić information content (AvgIpc) is 1.10. The molecule has 0 radical (unpaired) electrons. The zero-order valence-electron chi connectivity index (χ0n) is 64.2. The summed E-state index contributed by atoms with van der Waals surface area (Å²) in [6.45, 7) is 0.0490. The van der Waals surface area contributed by atoms with E-state index in [0.717, 1.165) is 41.3 Å². The number of halogens is 2. The number of anilines is 3. The second-order valence-corrected chi connectivity index (χ2v) is 33.6. The normalized spacial score (nSPS) is 13.3. The molecule has 26 nitrogen and oxygen atoms in total. The molecule has 0 spiro atoms. The summed E-state index contributed by atoms with van der Waals surface area (Å²) in [5, 5.41) is 13.1. The molecule has 6 aromatic heterocycles. The number of sulfonamides is 3. The summed E-state index contributed by atoms with van der Waals surface area (Å²) in [6.07, 6.45) is 17.5. The van der Waals surface area contributed by atoms with E-state index in [-0.39, 0.29) is 61.9 Å². The fourth-order valence-electron chi connectivity index (χ4n) is 13.5. The number of ether oxygens (including phenoxy) is 5. The van der Waals surface area contributed by atoms with Crippen molar-refractivity contribution in [1.29, 1.82) is 0 Å². The number of benzene rings is 8. The van der Waals surface area contributed by atoms with Crippen molar-refractivity contribution in [3.63, 3.8) is 0 Å². The van der Waals surface area contributed by atoms with Crippen LogP contribution in [0.15, 0.2) is 278 Å². The zero-order chi connectivity index (χ0) is 82.5. The molecule has 3 saturated carbocycles. The number of nitrogens with zero attached hydrogens (tertiary/aromatic N) is 8.